The summed E-state index contributed by atoms with van der Waals surface area (Å²) < 4.78 is 37.8. The molecule has 0 spiro atoms. The zero-order valence-electron chi connectivity index (χ0n) is 15.0. The maximum atomic E-state index is 12.7. The molecule has 3 aliphatic heterocycles. The molecule has 3 saturated heterocycles. The molecule has 0 radical (unpaired) electrons. The minimum absolute atomic E-state index is 0.0581. The van der Waals surface area contributed by atoms with Crippen LogP contribution in [-0.2, 0) is 4.79 Å². The summed E-state index contributed by atoms with van der Waals surface area (Å²) in [6.07, 6.45) is -1.39. The number of anilines is 1. The summed E-state index contributed by atoms with van der Waals surface area (Å²) in [5.74, 6) is -1.86. The summed E-state index contributed by atoms with van der Waals surface area (Å²) in [7, 11) is 0. The lowest BCUT2D eigenvalue weighted by atomic mass is 9.79. The van der Waals surface area contributed by atoms with Gasteiger partial charge < -0.3 is 10.6 Å². The maximum absolute atomic E-state index is 12.7. The molecule has 2 atom stereocenters. The van der Waals surface area contributed by atoms with Gasteiger partial charge in [0.05, 0.1) is 5.00 Å². The quantitative estimate of drug-likeness (QED) is 0.813. The monoisotopic (exact) mass is 412 g/mol. The van der Waals surface area contributed by atoms with Gasteiger partial charge in [0.25, 0.3) is 5.91 Å². The van der Waals surface area contributed by atoms with Crippen molar-refractivity contribution in [3.05, 3.63) is 24.0 Å². The number of amides is 2. The van der Waals surface area contributed by atoms with Gasteiger partial charge in [0, 0.05) is 28.4 Å². The number of halogens is 3. The minimum Gasteiger partial charge on any atom is -0.346 e. The van der Waals surface area contributed by atoms with Crippen molar-refractivity contribution in [2.24, 2.45) is 5.92 Å². The number of hydrogen-bond donors (Lipinski definition) is 2. The zero-order valence-corrected chi connectivity index (χ0v) is 15.9. The number of carbonyl (C=O) groups excluding carboxylic acids is 2. The van der Waals surface area contributed by atoms with Gasteiger partial charge in [0.1, 0.15) is 5.69 Å². The summed E-state index contributed by atoms with van der Waals surface area (Å²) in [4.78, 5) is 30.3. The molecule has 2 amide bonds. The van der Waals surface area contributed by atoms with Gasteiger partial charge in [-0.25, -0.2) is 0 Å². The highest BCUT2D eigenvalue weighted by molar-refractivity contribution is 7.23. The molecule has 0 aliphatic carbocycles. The highest BCUT2D eigenvalue weighted by Crippen LogP contribution is 2.33. The molecule has 3 aliphatic rings. The standard InChI is InChI=1S/C18H19F3N4O2S/c1-9-15(10-2-4-25(9)5-3-10)24-16(26)12-7-13-11(8-22-12)6-14(28-13)23-17(27)18(19,20)21/h6-10,15H,2-5H2,1H3,(H,23,27)(H,24,26). The number of nitrogens with zero attached hydrogens (tertiary/aromatic N) is 2. The van der Waals surface area contributed by atoms with Crippen molar-refractivity contribution < 1.29 is 22.8 Å². The average Bonchev–Trinajstić information content (AvgIpc) is 3.05. The van der Waals surface area contributed by atoms with Crippen LogP contribution in [-0.4, -0.2) is 53.0 Å². The second-order valence-corrected chi connectivity index (χ2v) is 8.37. The number of fused-ring (bicyclic) bond motifs is 4. The second-order valence-electron chi connectivity index (χ2n) is 7.28. The third kappa shape index (κ3) is 3.58. The van der Waals surface area contributed by atoms with Crippen LogP contribution < -0.4 is 10.6 Å². The summed E-state index contributed by atoms with van der Waals surface area (Å²) in [5, 5.41) is 5.54. The summed E-state index contributed by atoms with van der Waals surface area (Å²) in [6, 6.07) is 3.29. The molecule has 2 bridgehead atoms. The summed E-state index contributed by atoms with van der Waals surface area (Å²) in [6.45, 7) is 4.23. The molecule has 6 nitrogen and oxygen atoms in total. The van der Waals surface area contributed by atoms with E-state index in [-0.39, 0.29) is 28.7 Å². The van der Waals surface area contributed by atoms with E-state index in [1.54, 1.807) is 6.07 Å². The summed E-state index contributed by atoms with van der Waals surface area (Å²) in [5.41, 5.74) is 0.215. The van der Waals surface area contributed by atoms with E-state index in [4.69, 9.17) is 0 Å². The van der Waals surface area contributed by atoms with E-state index in [0.717, 1.165) is 37.3 Å². The lowest BCUT2D eigenvalue weighted by molar-refractivity contribution is -0.167. The number of piperidine rings is 3. The van der Waals surface area contributed by atoms with Crippen molar-refractivity contribution in [2.75, 3.05) is 18.4 Å². The molecule has 10 heteroatoms. The van der Waals surface area contributed by atoms with Crippen LogP contribution in [0.15, 0.2) is 18.3 Å². The van der Waals surface area contributed by atoms with Crippen molar-refractivity contribution in [1.29, 1.82) is 0 Å². The molecular formula is C18H19F3N4O2S. The lowest BCUT2D eigenvalue weighted by Gasteiger charge is -2.49. The van der Waals surface area contributed by atoms with Crippen molar-refractivity contribution in [1.82, 2.24) is 15.2 Å². The van der Waals surface area contributed by atoms with Crippen LogP contribution in [0, 0.1) is 5.92 Å². The van der Waals surface area contributed by atoms with E-state index >= 15 is 0 Å². The van der Waals surface area contributed by atoms with Crippen molar-refractivity contribution >= 4 is 38.2 Å². The molecule has 5 heterocycles. The number of alkyl halides is 3. The molecule has 0 saturated carbocycles. The zero-order chi connectivity index (χ0) is 20.1. The average molecular weight is 412 g/mol. The highest BCUT2D eigenvalue weighted by Gasteiger charge is 2.41. The molecule has 2 N–H and O–H groups in total. The van der Waals surface area contributed by atoms with Crippen LogP contribution in [0.25, 0.3) is 10.1 Å². The van der Waals surface area contributed by atoms with Gasteiger partial charge >= 0.3 is 12.1 Å². The van der Waals surface area contributed by atoms with Crippen LogP contribution in [0.4, 0.5) is 18.2 Å². The van der Waals surface area contributed by atoms with Crippen LogP contribution in [0.5, 0.6) is 0 Å². The Morgan fingerprint density at radius 2 is 1.96 bits per heavy atom. The molecule has 150 valence electrons. The Morgan fingerprint density at radius 1 is 1.25 bits per heavy atom. The normalized spacial score (nSPS) is 27.0. The Bertz CT molecular complexity index is 919. The Morgan fingerprint density at radius 3 is 2.61 bits per heavy atom. The van der Waals surface area contributed by atoms with E-state index in [1.807, 2.05) is 5.32 Å². The first-order valence-corrected chi connectivity index (χ1v) is 9.86. The van der Waals surface area contributed by atoms with Crippen molar-refractivity contribution in [3.63, 3.8) is 0 Å². The predicted octanol–water partition coefficient (Wildman–Crippen LogP) is 3.01. The Balaban J connectivity index is 1.50. The van der Waals surface area contributed by atoms with Crippen molar-refractivity contribution in [3.8, 4) is 0 Å². The topological polar surface area (TPSA) is 74.3 Å². The van der Waals surface area contributed by atoms with Crippen LogP contribution in [0.2, 0.25) is 0 Å². The molecule has 2 unspecified atom stereocenters. The SMILES string of the molecule is CC1C(NC(=O)c2cc3sc(NC(=O)C(F)(F)F)cc3cn2)C2CCN1CC2. The van der Waals surface area contributed by atoms with Gasteiger partial charge in [-0.15, -0.1) is 11.3 Å². The number of rotatable bonds is 3. The number of carbonyl (C=O) groups is 2. The molecule has 2 aromatic rings. The van der Waals surface area contributed by atoms with Gasteiger partial charge in [-0.2, -0.15) is 13.2 Å². The van der Waals surface area contributed by atoms with E-state index in [2.05, 4.69) is 22.1 Å². The van der Waals surface area contributed by atoms with E-state index in [1.165, 1.54) is 12.3 Å². The van der Waals surface area contributed by atoms with Gasteiger partial charge in [-0.3, -0.25) is 19.5 Å². The van der Waals surface area contributed by atoms with Crippen LogP contribution in [0.1, 0.15) is 30.3 Å². The second kappa shape index (κ2) is 7.00. The highest BCUT2D eigenvalue weighted by atomic mass is 32.1. The maximum Gasteiger partial charge on any atom is 0.471 e. The molecular weight excluding hydrogens is 393 g/mol. The van der Waals surface area contributed by atoms with Gasteiger partial charge in [0.2, 0.25) is 0 Å². The first kappa shape index (κ1) is 19.1. The molecule has 3 fully saturated rings. The van der Waals surface area contributed by atoms with Crippen molar-refractivity contribution in [2.45, 2.75) is 38.0 Å². The Labute approximate surface area is 163 Å². The molecule has 5 rings (SSSR count). The number of nitrogens with one attached hydrogen (secondary N) is 2. The first-order chi connectivity index (χ1) is 13.2. The fraction of sp³-hybridized carbons (Fsp3) is 0.500. The number of thiophene rings is 1. The lowest BCUT2D eigenvalue weighted by Crippen LogP contribution is -2.62. The predicted molar refractivity (Wildman–Crippen MR) is 99.3 cm³/mol. The van der Waals surface area contributed by atoms with Gasteiger partial charge in [-0.1, -0.05) is 0 Å². The largest absolute Gasteiger partial charge is 0.471 e. The first-order valence-electron chi connectivity index (χ1n) is 9.05. The van der Waals surface area contributed by atoms with Gasteiger partial charge in [0.15, 0.2) is 0 Å². The summed E-state index contributed by atoms with van der Waals surface area (Å²) >= 11 is 0.972. The minimum atomic E-state index is -4.95. The number of hydrogen-bond acceptors (Lipinski definition) is 5. The molecule has 2 aromatic heterocycles. The third-order valence-corrected chi connectivity index (χ3v) is 6.62. The Hall–Kier alpha value is -2.20. The Kier molecular flexibility index (Phi) is 4.78. The molecule has 0 aromatic carbocycles. The fourth-order valence-corrected chi connectivity index (χ4v) is 5.04. The number of aromatic nitrogens is 1. The van der Waals surface area contributed by atoms with E-state index in [0.29, 0.717) is 16.0 Å². The fourth-order valence-electron chi connectivity index (χ4n) is 4.07. The smallest absolute Gasteiger partial charge is 0.346 e. The van der Waals surface area contributed by atoms with Gasteiger partial charge in [-0.05, 0) is 50.9 Å². The van der Waals surface area contributed by atoms with Crippen LogP contribution >= 0.6 is 11.3 Å². The van der Waals surface area contributed by atoms with E-state index in [9.17, 15) is 22.8 Å². The molecule has 28 heavy (non-hydrogen) atoms. The van der Waals surface area contributed by atoms with E-state index < -0.39 is 12.1 Å². The third-order valence-electron chi connectivity index (χ3n) is 5.60. The van der Waals surface area contributed by atoms with Crippen LogP contribution in [0.3, 0.4) is 0 Å². The number of pyridine rings is 1.